The van der Waals surface area contributed by atoms with Crippen molar-refractivity contribution in [3.63, 3.8) is 0 Å². The summed E-state index contributed by atoms with van der Waals surface area (Å²) in [6.45, 7) is 2.10. The molecule has 4 atom stereocenters. The normalized spacial score (nSPS) is 32.0. The van der Waals surface area contributed by atoms with Crippen LogP contribution >= 0.6 is 0 Å². The molecular formula is C14H29NO3. The Labute approximate surface area is 110 Å². The van der Waals surface area contributed by atoms with Crippen LogP contribution in [-0.2, 0) is 0 Å². The summed E-state index contributed by atoms with van der Waals surface area (Å²) in [6, 6.07) is -0.428. The van der Waals surface area contributed by atoms with E-state index in [2.05, 4.69) is 12.2 Å². The Morgan fingerprint density at radius 1 is 0.833 bits per heavy atom. The topological polar surface area (TPSA) is 72.7 Å². The van der Waals surface area contributed by atoms with Crippen LogP contribution < -0.4 is 5.32 Å². The Kier molecular flexibility index (Phi) is 7.82. The van der Waals surface area contributed by atoms with Gasteiger partial charge in [-0.1, -0.05) is 51.9 Å². The summed E-state index contributed by atoms with van der Waals surface area (Å²) in [6.07, 6.45) is 8.07. The fourth-order valence-electron chi connectivity index (χ4n) is 2.68. The standard InChI is InChI=1S/C14H29NO3/c1-2-3-4-5-6-7-8-9-11-13(17)14(18)12(10-16)15-11/h11-18H,2-10H2,1H3/t11-,12-,13+,14+/m0/s1. The van der Waals surface area contributed by atoms with Crippen LogP contribution in [0.4, 0.5) is 0 Å². The van der Waals surface area contributed by atoms with Gasteiger partial charge in [0.05, 0.1) is 24.9 Å². The van der Waals surface area contributed by atoms with Gasteiger partial charge in [0.15, 0.2) is 0 Å². The number of unbranched alkanes of at least 4 members (excludes halogenated alkanes) is 6. The van der Waals surface area contributed by atoms with Crippen molar-refractivity contribution >= 4 is 0 Å². The van der Waals surface area contributed by atoms with Crippen molar-refractivity contribution in [3.8, 4) is 0 Å². The van der Waals surface area contributed by atoms with E-state index in [4.69, 9.17) is 5.11 Å². The first-order valence-electron chi connectivity index (χ1n) is 7.43. The Bertz CT molecular complexity index is 213. The third kappa shape index (κ3) is 4.84. The van der Waals surface area contributed by atoms with Crippen LogP contribution in [-0.4, -0.2) is 46.2 Å². The van der Waals surface area contributed by atoms with Crippen molar-refractivity contribution in [1.82, 2.24) is 5.32 Å². The van der Waals surface area contributed by atoms with Gasteiger partial charge in [0.2, 0.25) is 0 Å². The van der Waals surface area contributed by atoms with Gasteiger partial charge in [0.1, 0.15) is 0 Å². The number of aliphatic hydroxyl groups excluding tert-OH is 3. The fourth-order valence-corrected chi connectivity index (χ4v) is 2.68. The molecule has 1 heterocycles. The number of rotatable bonds is 9. The number of hydrogen-bond acceptors (Lipinski definition) is 4. The lowest BCUT2D eigenvalue weighted by Gasteiger charge is -2.15. The van der Waals surface area contributed by atoms with Gasteiger partial charge in [-0.2, -0.15) is 0 Å². The smallest absolute Gasteiger partial charge is 0.0989 e. The second kappa shape index (κ2) is 8.86. The van der Waals surface area contributed by atoms with Crippen LogP contribution in [0, 0.1) is 0 Å². The van der Waals surface area contributed by atoms with E-state index >= 15 is 0 Å². The van der Waals surface area contributed by atoms with Gasteiger partial charge < -0.3 is 20.6 Å². The van der Waals surface area contributed by atoms with Crippen molar-refractivity contribution in [3.05, 3.63) is 0 Å². The molecule has 0 aromatic rings. The van der Waals surface area contributed by atoms with Crippen molar-refractivity contribution in [2.75, 3.05) is 6.61 Å². The van der Waals surface area contributed by atoms with Crippen molar-refractivity contribution < 1.29 is 15.3 Å². The van der Waals surface area contributed by atoms with Gasteiger partial charge >= 0.3 is 0 Å². The Hall–Kier alpha value is -0.160. The molecule has 18 heavy (non-hydrogen) atoms. The van der Waals surface area contributed by atoms with Gasteiger partial charge in [0, 0.05) is 6.04 Å². The molecule has 0 aromatic carbocycles. The molecule has 4 heteroatoms. The summed E-state index contributed by atoms with van der Waals surface area (Å²) < 4.78 is 0. The molecule has 4 nitrogen and oxygen atoms in total. The number of hydrogen-bond donors (Lipinski definition) is 4. The van der Waals surface area contributed by atoms with E-state index in [1.165, 1.54) is 38.5 Å². The Morgan fingerprint density at radius 3 is 1.94 bits per heavy atom. The largest absolute Gasteiger partial charge is 0.395 e. The van der Waals surface area contributed by atoms with Gasteiger partial charge in [-0.05, 0) is 6.42 Å². The minimum Gasteiger partial charge on any atom is -0.395 e. The highest BCUT2D eigenvalue weighted by atomic mass is 16.3. The minimum absolute atomic E-state index is 0.0622. The third-order valence-corrected chi connectivity index (χ3v) is 3.92. The number of nitrogens with one attached hydrogen (secondary N) is 1. The van der Waals surface area contributed by atoms with E-state index in [0.717, 1.165) is 12.8 Å². The lowest BCUT2D eigenvalue weighted by Crippen LogP contribution is -2.36. The van der Waals surface area contributed by atoms with E-state index in [0.29, 0.717) is 0 Å². The summed E-state index contributed by atoms with van der Waals surface area (Å²) in [4.78, 5) is 0. The van der Waals surface area contributed by atoms with Crippen molar-refractivity contribution in [2.24, 2.45) is 0 Å². The molecule has 0 bridgehead atoms. The Morgan fingerprint density at radius 2 is 1.39 bits per heavy atom. The van der Waals surface area contributed by atoms with E-state index in [-0.39, 0.29) is 18.7 Å². The molecule has 0 aromatic heterocycles. The van der Waals surface area contributed by atoms with Gasteiger partial charge in [-0.3, -0.25) is 0 Å². The van der Waals surface area contributed by atoms with Crippen molar-refractivity contribution in [1.29, 1.82) is 0 Å². The van der Waals surface area contributed by atoms with Crippen LogP contribution in [0.5, 0.6) is 0 Å². The zero-order chi connectivity index (χ0) is 13.4. The highest BCUT2D eigenvalue weighted by Gasteiger charge is 2.39. The second-order valence-corrected chi connectivity index (χ2v) is 5.45. The second-order valence-electron chi connectivity index (χ2n) is 5.45. The molecule has 1 saturated heterocycles. The predicted molar refractivity (Wildman–Crippen MR) is 72.4 cm³/mol. The maximum atomic E-state index is 9.81. The molecule has 108 valence electrons. The lowest BCUT2D eigenvalue weighted by molar-refractivity contribution is 0.0186. The summed E-state index contributed by atoms with van der Waals surface area (Å²) in [7, 11) is 0. The molecule has 1 aliphatic heterocycles. The first-order chi connectivity index (χ1) is 8.70. The molecule has 0 radical (unpaired) electrons. The van der Waals surface area contributed by atoms with Crippen LogP contribution in [0.2, 0.25) is 0 Å². The molecule has 0 saturated carbocycles. The average molecular weight is 259 g/mol. The molecule has 1 aliphatic rings. The molecule has 1 fully saturated rings. The van der Waals surface area contributed by atoms with Crippen LogP contribution in [0.15, 0.2) is 0 Å². The van der Waals surface area contributed by atoms with Crippen LogP contribution in [0.1, 0.15) is 58.3 Å². The molecule has 0 amide bonds. The number of aliphatic hydroxyl groups is 3. The van der Waals surface area contributed by atoms with E-state index in [1.54, 1.807) is 0 Å². The monoisotopic (exact) mass is 259 g/mol. The van der Waals surface area contributed by atoms with E-state index in [1.807, 2.05) is 0 Å². The summed E-state index contributed by atoms with van der Waals surface area (Å²) in [5.74, 6) is 0. The van der Waals surface area contributed by atoms with E-state index in [9.17, 15) is 10.2 Å². The Balaban J connectivity index is 2.05. The maximum absolute atomic E-state index is 9.81. The molecule has 1 rings (SSSR count). The van der Waals surface area contributed by atoms with Crippen LogP contribution in [0.3, 0.4) is 0 Å². The zero-order valence-corrected chi connectivity index (χ0v) is 11.5. The first kappa shape index (κ1) is 15.9. The highest BCUT2D eigenvalue weighted by molar-refractivity contribution is 4.97. The molecule has 0 unspecified atom stereocenters. The zero-order valence-electron chi connectivity index (χ0n) is 11.5. The SMILES string of the molecule is CCCCCCCCC[C@@H]1N[C@@H](CO)[C@@H](O)[C@@H]1O. The molecule has 0 spiro atoms. The predicted octanol–water partition coefficient (Wildman–Crippen LogP) is 1.18. The lowest BCUT2D eigenvalue weighted by atomic mass is 10.0. The molecule has 0 aliphatic carbocycles. The van der Waals surface area contributed by atoms with Gasteiger partial charge in [-0.25, -0.2) is 0 Å². The fraction of sp³-hybridized carbons (Fsp3) is 1.00. The molecular weight excluding hydrogens is 230 g/mol. The summed E-state index contributed by atoms with van der Waals surface area (Å²) in [5, 5.41) is 31.6. The van der Waals surface area contributed by atoms with Crippen LogP contribution in [0.25, 0.3) is 0 Å². The quantitative estimate of drug-likeness (QED) is 0.469. The molecule has 4 N–H and O–H groups in total. The van der Waals surface area contributed by atoms with Gasteiger partial charge in [-0.15, -0.1) is 0 Å². The summed E-state index contributed by atoms with van der Waals surface area (Å²) >= 11 is 0. The van der Waals surface area contributed by atoms with E-state index < -0.39 is 12.2 Å². The minimum atomic E-state index is -0.829. The third-order valence-electron chi connectivity index (χ3n) is 3.92. The highest BCUT2D eigenvalue weighted by Crippen LogP contribution is 2.19. The van der Waals surface area contributed by atoms with Crippen molar-refractivity contribution in [2.45, 2.75) is 82.6 Å². The first-order valence-corrected chi connectivity index (χ1v) is 7.43. The summed E-state index contributed by atoms with van der Waals surface area (Å²) in [5.41, 5.74) is 0. The average Bonchev–Trinajstić information content (AvgIpc) is 2.65. The maximum Gasteiger partial charge on any atom is 0.0989 e. The van der Waals surface area contributed by atoms with Gasteiger partial charge in [0.25, 0.3) is 0 Å².